The molecule has 0 radical (unpaired) electrons. The lowest BCUT2D eigenvalue weighted by Crippen LogP contribution is -2.46. The molecule has 4 heteroatoms. The Kier molecular flexibility index (Phi) is 4.59. The van der Waals surface area contributed by atoms with Crippen LogP contribution in [0, 0.1) is 0 Å². The minimum atomic E-state index is -0.602. The Hall–Kier alpha value is -1.26. The summed E-state index contributed by atoms with van der Waals surface area (Å²) < 4.78 is 11.2. The van der Waals surface area contributed by atoms with Crippen LogP contribution in [-0.4, -0.2) is 51.0 Å². The van der Waals surface area contributed by atoms with Gasteiger partial charge in [-0.2, -0.15) is 0 Å². The lowest BCUT2D eigenvalue weighted by Gasteiger charge is -2.35. The highest BCUT2D eigenvalue weighted by molar-refractivity contribution is 5.42. The molecule has 2 unspecified atom stereocenters. The molecule has 0 heterocycles. The van der Waals surface area contributed by atoms with E-state index in [0.717, 1.165) is 11.3 Å². The first-order valence-corrected chi connectivity index (χ1v) is 6.02. The predicted octanol–water partition coefficient (Wildman–Crippen LogP) is 1.83. The van der Waals surface area contributed by atoms with Crippen molar-refractivity contribution < 1.29 is 19.1 Å². The molecule has 0 saturated carbocycles. The second-order valence-corrected chi connectivity index (χ2v) is 5.41. The van der Waals surface area contributed by atoms with E-state index < -0.39 is 6.10 Å². The summed E-state index contributed by atoms with van der Waals surface area (Å²) in [5.74, 6) is 1.40. The lowest BCUT2D eigenvalue weighted by atomic mass is 10.00. The lowest BCUT2D eigenvalue weighted by molar-refractivity contribution is -0.898. The summed E-state index contributed by atoms with van der Waals surface area (Å²) in [7, 11) is 9.39. The Balaban J connectivity index is 3.14. The maximum Gasteiger partial charge on any atom is 0.134 e. The van der Waals surface area contributed by atoms with Crippen molar-refractivity contribution in [3.63, 3.8) is 0 Å². The fourth-order valence-corrected chi connectivity index (χ4v) is 1.75. The summed E-state index contributed by atoms with van der Waals surface area (Å²) in [6.07, 6.45) is -0.602. The second kappa shape index (κ2) is 5.59. The molecule has 0 fully saturated rings. The van der Waals surface area contributed by atoms with E-state index in [-0.39, 0.29) is 6.04 Å². The van der Waals surface area contributed by atoms with Gasteiger partial charge < -0.3 is 19.1 Å². The van der Waals surface area contributed by atoms with Crippen LogP contribution < -0.4 is 9.47 Å². The molecule has 0 bridgehead atoms. The third-order valence-corrected chi connectivity index (χ3v) is 3.43. The first-order valence-electron chi connectivity index (χ1n) is 6.02. The molecule has 2 atom stereocenters. The average molecular weight is 254 g/mol. The number of nitrogens with zero attached hydrogens (tertiary/aromatic N) is 1. The van der Waals surface area contributed by atoms with Gasteiger partial charge in [0.25, 0.3) is 0 Å². The number of quaternary nitrogens is 1. The molecule has 1 aromatic carbocycles. The number of methoxy groups -OCH3 is 2. The Morgan fingerprint density at radius 3 is 2.17 bits per heavy atom. The van der Waals surface area contributed by atoms with Gasteiger partial charge >= 0.3 is 0 Å². The zero-order chi connectivity index (χ0) is 13.9. The molecular weight excluding hydrogens is 230 g/mol. The highest BCUT2D eigenvalue weighted by Gasteiger charge is 2.30. The second-order valence-electron chi connectivity index (χ2n) is 5.41. The van der Waals surface area contributed by atoms with Gasteiger partial charge in [0.2, 0.25) is 0 Å². The summed E-state index contributed by atoms with van der Waals surface area (Å²) in [6.45, 7) is 2.02. The molecule has 0 aliphatic carbocycles. The van der Waals surface area contributed by atoms with Gasteiger partial charge in [-0.25, -0.2) is 0 Å². The van der Waals surface area contributed by atoms with Crippen LogP contribution in [0.5, 0.6) is 11.5 Å². The molecule has 0 aliphatic rings. The van der Waals surface area contributed by atoms with Crippen molar-refractivity contribution in [2.24, 2.45) is 0 Å². The van der Waals surface area contributed by atoms with E-state index >= 15 is 0 Å². The SMILES string of the molecule is COc1ccc(OC)c(C(O)C(C)[N+](C)(C)C)c1. The largest absolute Gasteiger partial charge is 0.497 e. The number of likely N-dealkylation sites (N-methyl/N-ethyl adjacent to an activating group) is 1. The van der Waals surface area contributed by atoms with E-state index in [1.54, 1.807) is 14.2 Å². The summed E-state index contributed by atoms with van der Waals surface area (Å²) in [6, 6.07) is 5.52. The molecule has 1 N–H and O–H groups in total. The van der Waals surface area contributed by atoms with Crippen LogP contribution in [0.4, 0.5) is 0 Å². The van der Waals surface area contributed by atoms with Crippen molar-refractivity contribution in [2.75, 3.05) is 35.4 Å². The van der Waals surface area contributed by atoms with Crippen LogP contribution in [0.15, 0.2) is 18.2 Å². The molecule has 18 heavy (non-hydrogen) atoms. The Bertz CT molecular complexity index is 399. The number of benzene rings is 1. The van der Waals surface area contributed by atoms with Crippen LogP contribution >= 0.6 is 0 Å². The van der Waals surface area contributed by atoms with Crippen LogP contribution in [0.25, 0.3) is 0 Å². The van der Waals surface area contributed by atoms with E-state index in [4.69, 9.17) is 9.47 Å². The predicted molar refractivity (Wildman–Crippen MR) is 72.0 cm³/mol. The Morgan fingerprint density at radius 2 is 1.72 bits per heavy atom. The summed E-state index contributed by atoms with van der Waals surface area (Å²) in [4.78, 5) is 0. The Morgan fingerprint density at radius 1 is 1.11 bits per heavy atom. The van der Waals surface area contributed by atoms with Crippen molar-refractivity contribution in [1.29, 1.82) is 0 Å². The molecule has 102 valence electrons. The molecule has 0 aliphatic heterocycles. The zero-order valence-corrected chi connectivity index (χ0v) is 12.1. The van der Waals surface area contributed by atoms with E-state index in [2.05, 4.69) is 21.1 Å². The van der Waals surface area contributed by atoms with E-state index in [0.29, 0.717) is 10.2 Å². The molecule has 0 aromatic heterocycles. The van der Waals surface area contributed by atoms with Crippen molar-refractivity contribution in [3.8, 4) is 11.5 Å². The number of aliphatic hydroxyl groups is 1. The molecule has 1 rings (SSSR count). The van der Waals surface area contributed by atoms with Crippen LogP contribution in [0.2, 0.25) is 0 Å². The summed E-state index contributed by atoms with van der Waals surface area (Å²) in [5, 5.41) is 10.5. The topological polar surface area (TPSA) is 38.7 Å². The van der Waals surface area contributed by atoms with E-state index in [9.17, 15) is 5.11 Å². The quantitative estimate of drug-likeness (QED) is 0.815. The molecule has 0 saturated heterocycles. The smallest absolute Gasteiger partial charge is 0.134 e. The number of rotatable bonds is 5. The van der Waals surface area contributed by atoms with Crippen LogP contribution in [-0.2, 0) is 0 Å². The monoisotopic (exact) mass is 254 g/mol. The number of hydrogen-bond acceptors (Lipinski definition) is 3. The standard InChI is InChI=1S/C14H24NO3/c1-10(15(2,3)4)14(16)12-9-11(17-5)7-8-13(12)18-6/h7-10,14,16H,1-6H3/q+1. The van der Waals surface area contributed by atoms with Gasteiger partial charge in [-0.1, -0.05) is 0 Å². The first kappa shape index (κ1) is 14.8. The number of ether oxygens (including phenoxy) is 2. The molecule has 1 aromatic rings. The third-order valence-electron chi connectivity index (χ3n) is 3.43. The van der Waals surface area contributed by atoms with Gasteiger partial charge in [0.1, 0.15) is 23.6 Å². The maximum atomic E-state index is 10.5. The fourth-order valence-electron chi connectivity index (χ4n) is 1.75. The van der Waals surface area contributed by atoms with Gasteiger partial charge in [-0.3, -0.25) is 0 Å². The van der Waals surface area contributed by atoms with Gasteiger partial charge in [0.15, 0.2) is 0 Å². The summed E-state index contributed by atoms with van der Waals surface area (Å²) >= 11 is 0. The van der Waals surface area contributed by atoms with Crippen LogP contribution in [0.1, 0.15) is 18.6 Å². The highest BCUT2D eigenvalue weighted by Crippen LogP contribution is 2.33. The van der Waals surface area contributed by atoms with Gasteiger partial charge in [0.05, 0.1) is 35.4 Å². The zero-order valence-electron chi connectivity index (χ0n) is 12.1. The normalized spacial score (nSPS) is 15.1. The van der Waals surface area contributed by atoms with Crippen molar-refractivity contribution in [1.82, 2.24) is 0 Å². The van der Waals surface area contributed by atoms with Crippen molar-refractivity contribution in [2.45, 2.75) is 19.1 Å². The van der Waals surface area contributed by atoms with Crippen molar-refractivity contribution >= 4 is 0 Å². The minimum Gasteiger partial charge on any atom is -0.497 e. The fraction of sp³-hybridized carbons (Fsp3) is 0.571. The first-order chi connectivity index (χ1) is 8.31. The Labute approximate surface area is 109 Å². The van der Waals surface area contributed by atoms with Crippen molar-refractivity contribution in [3.05, 3.63) is 23.8 Å². The molecule has 4 nitrogen and oxygen atoms in total. The number of hydrogen-bond donors (Lipinski definition) is 1. The maximum absolute atomic E-state index is 10.5. The van der Waals surface area contributed by atoms with E-state index in [1.165, 1.54) is 0 Å². The van der Waals surface area contributed by atoms with Crippen LogP contribution in [0.3, 0.4) is 0 Å². The molecule has 0 amide bonds. The molecular formula is C14H24NO3+. The average Bonchev–Trinajstić information content (AvgIpc) is 2.35. The van der Waals surface area contributed by atoms with Gasteiger partial charge in [-0.15, -0.1) is 0 Å². The minimum absolute atomic E-state index is 0.0472. The third kappa shape index (κ3) is 3.15. The highest BCUT2D eigenvalue weighted by atomic mass is 16.5. The molecule has 0 spiro atoms. The number of aliphatic hydroxyl groups excluding tert-OH is 1. The summed E-state index contributed by atoms with van der Waals surface area (Å²) in [5.41, 5.74) is 0.761. The van der Waals surface area contributed by atoms with Gasteiger partial charge in [-0.05, 0) is 25.1 Å². The van der Waals surface area contributed by atoms with Gasteiger partial charge in [0, 0.05) is 5.56 Å². The van der Waals surface area contributed by atoms with E-state index in [1.807, 2.05) is 25.1 Å².